The number of allylic oxidation sites excluding steroid dienone is 3. The number of unbranched alkanes of at least 4 members (excludes halogenated alkanes) is 9. The molecule has 0 amide bonds. The Kier molecular flexibility index (Phi) is 17.0. The molecule has 0 fully saturated rings. The molecule has 21 heavy (non-hydrogen) atoms. The third kappa shape index (κ3) is 17.4. The summed E-state index contributed by atoms with van der Waals surface area (Å²) in [7, 11) is 0. The van der Waals surface area contributed by atoms with Crippen LogP contribution in [-0.4, -0.2) is 11.2 Å². The van der Waals surface area contributed by atoms with Crippen molar-refractivity contribution in [3.05, 3.63) is 24.3 Å². The van der Waals surface area contributed by atoms with E-state index < -0.39 is 0 Å². The van der Waals surface area contributed by atoms with Crippen molar-refractivity contribution in [3.8, 4) is 0 Å². The zero-order chi connectivity index (χ0) is 15.6. The quantitative estimate of drug-likeness (QED) is 0.267. The maximum absolute atomic E-state index is 9.85. The van der Waals surface area contributed by atoms with E-state index >= 15 is 0 Å². The molecular formula is C20H38O. The fraction of sp³-hybridized carbons (Fsp3) is 0.800. The number of aliphatic hydroxyl groups excluding tert-OH is 1. The number of aliphatic hydroxyl groups is 1. The molecule has 0 heterocycles. The van der Waals surface area contributed by atoms with Gasteiger partial charge in [0.2, 0.25) is 0 Å². The van der Waals surface area contributed by atoms with Crippen LogP contribution < -0.4 is 0 Å². The zero-order valence-corrected chi connectivity index (χ0v) is 14.5. The zero-order valence-electron chi connectivity index (χ0n) is 14.5. The monoisotopic (exact) mass is 294 g/mol. The molecule has 0 bridgehead atoms. The summed E-state index contributed by atoms with van der Waals surface area (Å²) >= 11 is 0. The van der Waals surface area contributed by atoms with E-state index in [2.05, 4.69) is 32.1 Å². The molecule has 0 aromatic heterocycles. The van der Waals surface area contributed by atoms with E-state index in [0.717, 1.165) is 19.3 Å². The van der Waals surface area contributed by atoms with Crippen LogP contribution >= 0.6 is 0 Å². The average molecular weight is 295 g/mol. The normalized spacial score (nSPS) is 13.5. The van der Waals surface area contributed by atoms with Gasteiger partial charge in [-0.25, -0.2) is 0 Å². The lowest BCUT2D eigenvalue weighted by Gasteiger charge is -2.05. The lowest BCUT2D eigenvalue weighted by atomic mass is 10.1. The van der Waals surface area contributed by atoms with Crippen LogP contribution in [0.5, 0.6) is 0 Å². The highest BCUT2D eigenvalue weighted by Crippen LogP contribution is 2.10. The predicted octanol–water partition coefficient (Wildman–Crippen LogP) is 6.57. The van der Waals surface area contributed by atoms with Gasteiger partial charge in [-0.3, -0.25) is 0 Å². The lowest BCUT2D eigenvalue weighted by molar-refractivity contribution is 0.207. The van der Waals surface area contributed by atoms with Crippen molar-refractivity contribution in [2.24, 2.45) is 0 Å². The van der Waals surface area contributed by atoms with E-state index in [0.29, 0.717) is 0 Å². The van der Waals surface area contributed by atoms with E-state index in [9.17, 15) is 5.11 Å². The van der Waals surface area contributed by atoms with E-state index in [1.54, 1.807) is 0 Å². The molecule has 1 N–H and O–H groups in total. The molecule has 1 nitrogen and oxygen atoms in total. The second kappa shape index (κ2) is 17.5. The predicted molar refractivity (Wildman–Crippen MR) is 95.7 cm³/mol. The van der Waals surface area contributed by atoms with Crippen molar-refractivity contribution in [1.29, 1.82) is 0 Å². The Morgan fingerprint density at radius 3 is 2.05 bits per heavy atom. The molecule has 0 radical (unpaired) electrons. The highest BCUT2D eigenvalue weighted by atomic mass is 16.3. The van der Waals surface area contributed by atoms with Gasteiger partial charge in [0, 0.05) is 0 Å². The van der Waals surface area contributed by atoms with Crippen LogP contribution in [0.1, 0.15) is 97.3 Å². The smallest absolute Gasteiger partial charge is 0.0721 e. The molecule has 0 aromatic carbocycles. The van der Waals surface area contributed by atoms with Crippen molar-refractivity contribution in [2.75, 3.05) is 0 Å². The molecular weight excluding hydrogens is 256 g/mol. The Morgan fingerprint density at radius 2 is 1.33 bits per heavy atom. The van der Waals surface area contributed by atoms with Crippen molar-refractivity contribution in [1.82, 2.24) is 0 Å². The maximum Gasteiger partial charge on any atom is 0.0721 e. The van der Waals surface area contributed by atoms with Crippen molar-refractivity contribution in [2.45, 2.75) is 103 Å². The highest BCUT2D eigenvalue weighted by molar-refractivity contribution is 4.95. The molecule has 1 atom stereocenters. The second-order valence-electron chi connectivity index (χ2n) is 6.11. The summed E-state index contributed by atoms with van der Waals surface area (Å²) < 4.78 is 0. The minimum absolute atomic E-state index is 0.242. The first-order chi connectivity index (χ1) is 10.3. The minimum Gasteiger partial charge on any atom is -0.389 e. The van der Waals surface area contributed by atoms with Gasteiger partial charge in [-0.1, -0.05) is 95.9 Å². The fourth-order valence-electron chi connectivity index (χ4n) is 2.45. The Balaban J connectivity index is 3.35. The summed E-state index contributed by atoms with van der Waals surface area (Å²) in [5, 5.41) is 9.85. The van der Waals surface area contributed by atoms with Gasteiger partial charge in [-0.2, -0.15) is 0 Å². The molecule has 0 aromatic rings. The van der Waals surface area contributed by atoms with Crippen molar-refractivity contribution >= 4 is 0 Å². The molecule has 0 aliphatic carbocycles. The first-order valence-corrected chi connectivity index (χ1v) is 9.31. The Hall–Kier alpha value is -0.560. The van der Waals surface area contributed by atoms with Gasteiger partial charge in [-0.05, 0) is 25.7 Å². The van der Waals surface area contributed by atoms with Gasteiger partial charge in [0.25, 0.3) is 0 Å². The fourth-order valence-corrected chi connectivity index (χ4v) is 2.45. The highest BCUT2D eigenvalue weighted by Gasteiger charge is 1.98. The average Bonchev–Trinajstić information content (AvgIpc) is 2.49. The largest absolute Gasteiger partial charge is 0.389 e. The van der Waals surface area contributed by atoms with Crippen LogP contribution in [0.15, 0.2) is 24.3 Å². The van der Waals surface area contributed by atoms with Crippen molar-refractivity contribution in [3.63, 3.8) is 0 Å². The molecule has 0 aliphatic heterocycles. The van der Waals surface area contributed by atoms with E-state index in [-0.39, 0.29) is 6.10 Å². The standard InChI is InChI=1S/C20H38O/c1-3-5-7-9-11-13-15-17-19-20(21)18-16-14-12-10-8-6-4-2/h11,13,17,19-21H,3-10,12,14-16,18H2,1-2H3/b13-11-,19-17-. The molecule has 1 heteroatoms. The van der Waals surface area contributed by atoms with Gasteiger partial charge < -0.3 is 5.11 Å². The van der Waals surface area contributed by atoms with Crippen LogP contribution in [0.2, 0.25) is 0 Å². The van der Waals surface area contributed by atoms with Crippen LogP contribution in [0.25, 0.3) is 0 Å². The molecule has 1 unspecified atom stereocenters. The van der Waals surface area contributed by atoms with Gasteiger partial charge in [-0.15, -0.1) is 0 Å². The maximum atomic E-state index is 9.85. The summed E-state index contributed by atoms with van der Waals surface area (Å²) in [4.78, 5) is 0. The number of rotatable bonds is 15. The molecule has 0 aliphatic rings. The van der Waals surface area contributed by atoms with Gasteiger partial charge in [0.05, 0.1) is 6.10 Å². The van der Waals surface area contributed by atoms with E-state index in [4.69, 9.17) is 0 Å². The first-order valence-electron chi connectivity index (χ1n) is 9.31. The topological polar surface area (TPSA) is 20.2 Å². The third-order valence-corrected chi connectivity index (χ3v) is 3.87. The van der Waals surface area contributed by atoms with Gasteiger partial charge in [0.1, 0.15) is 0 Å². The van der Waals surface area contributed by atoms with E-state index in [1.807, 2.05) is 6.08 Å². The third-order valence-electron chi connectivity index (χ3n) is 3.87. The van der Waals surface area contributed by atoms with Gasteiger partial charge >= 0.3 is 0 Å². The van der Waals surface area contributed by atoms with Crippen molar-refractivity contribution < 1.29 is 5.11 Å². The van der Waals surface area contributed by atoms with Gasteiger partial charge in [0.15, 0.2) is 0 Å². The van der Waals surface area contributed by atoms with Crippen LogP contribution in [0.3, 0.4) is 0 Å². The number of hydrogen-bond donors (Lipinski definition) is 1. The molecule has 0 saturated heterocycles. The summed E-state index contributed by atoms with van der Waals surface area (Å²) in [6.07, 6.45) is 24.5. The lowest BCUT2D eigenvalue weighted by Crippen LogP contribution is -2.01. The second-order valence-corrected chi connectivity index (χ2v) is 6.11. The van der Waals surface area contributed by atoms with Crippen LogP contribution in [-0.2, 0) is 0 Å². The minimum atomic E-state index is -0.242. The van der Waals surface area contributed by atoms with E-state index in [1.165, 1.54) is 64.2 Å². The molecule has 124 valence electrons. The summed E-state index contributed by atoms with van der Waals surface area (Å²) in [5.41, 5.74) is 0. The summed E-state index contributed by atoms with van der Waals surface area (Å²) in [6.45, 7) is 4.49. The SMILES string of the molecule is CCCCC/C=C\C/C=C\C(O)CCCCCCCCC. The first kappa shape index (κ1) is 20.4. The summed E-state index contributed by atoms with van der Waals surface area (Å²) in [6, 6.07) is 0. The Labute approximate surface area is 133 Å². The Bertz CT molecular complexity index is 242. The Morgan fingerprint density at radius 1 is 0.714 bits per heavy atom. The van der Waals surface area contributed by atoms with Crippen LogP contribution in [0, 0.1) is 0 Å². The number of hydrogen-bond acceptors (Lipinski definition) is 1. The molecule has 0 rings (SSSR count). The van der Waals surface area contributed by atoms with Crippen LogP contribution in [0.4, 0.5) is 0 Å². The molecule has 0 saturated carbocycles. The summed E-state index contributed by atoms with van der Waals surface area (Å²) in [5.74, 6) is 0. The molecule has 0 spiro atoms.